The van der Waals surface area contributed by atoms with Gasteiger partial charge in [0, 0.05) is 35.7 Å². The summed E-state index contributed by atoms with van der Waals surface area (Å²) in [6, 6.07) is 15.3. The summed E-state index contributed by atoms with van der Waals surface area (Å²) in [4.78, 5) is 30.8. The van der Waals surface area contributed by atoms with E-state index in [1.807, 2.05) is 47.8 Å². The van der Waals surface area contributed by atoms with Crippen molar-refractivity contribution in [2.75, 3.05) is 23.7 Å². The first kappa shape index (κ1) is 20.3. The van der Waals surface area contributed by atoms with Crippen LogP contribution < -0.4 is 10.6 Å². The highest BCUT2D eigenvalue weighted by atomic mass is 32.1. The van der Waals surface area contributed by atoms with Crippen LogP contribution in [-0.2, 0) is 11.3 Å². The van der Waals surface area contributed by atoms with Gasteiger partial charge in [-0.3, -0.25) is 19.8 Å². The first-order chi connectivity index (χ1) is 14.6. The number of carbonyl (C=O) groups excluding carboxylic acids is 2. The third-order valence-corrected chi connectivity index (χ3v) is 5.78. The van der Waals surface area contributed by atoms with Crippen LogP contribution in [0.3, 0.4) is 0 Å². The third kappa shape index (κ3) is 5.11. The summed E-state index contributed by atoms with van der Waals surface area (Å²) in [5, 5.41) is 8.12. The van der Waals surface area contributed by atoms with E-state index in [1.54, 1.807) is 0 Å². The molecule has 0 saturated carbocycles. The molecule has 1 aliphatic rings. The summed E-state index contributed by atoms with van der Waals surface area (Å²) in [6.07, 6.45) is 2.51. The highest BCUT2D eigenvalue weighted by Crippen LogP contribution is 2.26. The standard InChI is InChI=1S/C23H24N4O2S/c1-16(28)24-20-9-7-18(8-10-20)21-15-30-23(25-21)26-22(29)19-6-4-5-17(13-19)14-27-11-2-3-12-27/h4-10,13,15H,2-3,11-12,14H2,1H3,(H,24,28)(H,25,26,29). The lowest BCUT2D eigenvalue weighted by Crippen LogP contribution is -2.19. The van der Waals surface area contributed by atoms with Gasteiger partial charge in [0.15, 0.2) is 5.13 Å². The maximum absolute atomic E-state index is 12.7. The van der Waals surface area contributed by atoms with E-state index in [-0.39, 0.29) is 11.8 Å². The molecule has 7 heteroatoms. The molecule has 1 aliphatic heterocycles. The average Bonchev–Trinajstić information content (AvgIpc) is 3.41. The summed E-state index contributed by atoms with van der Waals surface area (Å²) in [7, 11) is 0. The zero-order valence-electron chi connectivity index (χ0n) is 16.9. The van der Waals surface area contributed by atoms with Gasteiger partial charge in [0.1, 0.15) is 0 Å². The summed E-state index contributed by atoms with van der Waals surface area (Å²) in [6.45, 7) is 4.62. The number of nitrogens with zero attached hydrogens (tertiary/aromatic N) is 2. The van der Waals surface area contributed by atoms with Crippen molar-refractivity contribution in [2.45, 2.75) is 26.3 Å². The molecule has 2 N–H and O–H groups in total. The van der Waals surface area contributed by atoms with Crippen LogP contribution in [0.1, 0.15) is 35.7 Å². The van der Waals surface area contributed by atoms with E-state index < -0.39 is 0 Å². The monoisotopic (exact) mass is 420 g/mol. The molecule has 4 rings (SSSR count). The number of likely N-dealkylation sites (tertiary alicyclic amines) is 1. The molecule has 0 atom stereocenters. The molecule has 30 heavy (non-hydrogen) atoms. The van der Waals surface area contributed by atoms with Crippen LogP contribution in [0.5, 0.6) is 0 Å². The summed E-state index contributed by atoms with van der Waals surface area (Å²) in [5.41, 5.74) is 4.25. The van der Waals surface area contributed by atoms with Crippen LogP contribution in [-0.4, -0.2) is 34.8 Å². The Morgan fingerprint density at radius 1 is 1.07 bits per heavy atom. The minimum Gasteiger partial charge on any atom is -0.326 e. The van der Waals surface area contributed by atoms with Crippen LogP contribution in [0.25, 0.3) is 11.3 Å². The molecule has 3 aromatic rings. The number of nitrogens with one attached hydrogen (secondary N) is 2. The van der Waals surface area contributed by atoms with Crippen molar-refractivity contribution in [3.63, 3.8) is 0 Å². The lowest BCUT2D eigenvalue weighted by Gasteiger charge is -2.14. The Hall–Kier alpha value is -3.03. The van der Waals surface area contributed by atoms with Gasteiger partial charge in [0.25, 0.3) is 5.91 Å². The Kier molecular flexibility index (Phi) is 6.21. The molecule has 154 valence electrons. The zero-order chi connectivity index (χ0) is 20.9. The normalized spacial score (nSPS) is 13.9. The predicted molar refractivity (Wildman–Crippen MR) is 121 cm³/mol. The molecule has 0 unspecified atom stereocenters. The van der Waals surface area contributed by atoms with Gasteiger partial charge >= 0.3 is 0 Å². The van der Waals surface area contributed by atoms with Crippen molar-refractivity contribution in [1.82, 2.24) is 9.88 Å². The number of aromatic nitrogens is 1. The number of carbonyl (C=O) groups is 2. The lowest BCUT2D eigenvalue weighted by atomic mass is 10.1. The van der Waals surface area contributed by atoms with Gasteiger partial charge in [-0.2, -0.15) is 0 Å². The Labute approximate surface area is 180 Å². The summed E-state index contributed by atoms with van der Waals surface area (Å²) < 4.78 is 0. The summed E-state index contributed by atoms with van der Waals surface area (Å²) >= 11 is 1.39. The highest BCUT2D eigenvalue weighted by molar-refractivity contribution is 7.14. The zero-order valence-corrected chi connectivity index (χ0v) is 17.7. The number of rotatable bonds is 6. The van der Waals surface area contributed by atoms with E-state index >= 15 is 0 Å². The smallest absolute Gasteiger partial charge is 0.257 e. The largest absolute Gasteiger partial charge is 0.326 e. The highest BCUT2D eigenvalue weighted by Gasteiger charge is 2.14. The molecule has 0 bridgehead atoms. The summed E-state index contributed by atoms with van der Waals surface area (Å²) in [5.74, 6) is -0.258. The second-order valence-corrected chi connectivity index (χ2v) is 8.29. The van der Waals surface area contributed by atoms with Gasteiger partial charge in [-0.1, -0.05) is 24.3 Å². The Balaban J connectivity index is 1.41. The molecule has 0 spiro atoms. The van der Waals surface area contributed by atoms with E-state index in [9.17, 15) is 9.59 Å². The van der Waals surface area contributed by atoms with Gasteiger partial charge in [-0.25, -0.2) is 4.98 Å². The van der Waals surface area contributed by atoms with Crippen LogP contribution in [0.2, 0.25) is 0 Å². The van der Waals surface area contributed by atoms with Gasteiger partial charge in [-0.15, -0.1) is 11.3 Å². The fraction of sp³-hybridized carbons (Fsp3) is 0.261. The molecule has 2 heterocycles. The second kappa shape index (κ2) is 9.19. The van der Waals surface area contributed by atoms with Crippen molar-refractivity contribution < 1.29 is 9.59 Å². The van der Waals surface area contributed by atoms with Gasteiger partial charge < -0.3 is 5.32 Å². The first-order valence-corrected chi connectivity index (χ1v) is 10.9. The van der Waals surface area contributed by atoms with Crippen molar-refractivity contribution in [2.24, 2.45) is 0 Å². The molecular weight excluding hydrogens is 396 g/mol. The predicted octanol–water partition coefficient (Wildman–Crippen LogP) is 4.62. The van der Waals surface area contributed by atoms with E-state index in [0.29, 0.717) is 10.7 Å². The van der Waals surface area contributed by atoms with E-state index in [2.05, 4.69) is 26.6 Å². The quantitative estimate of drug-likeness (QED) is 0.610. The van der Waals surface area contributed by atoms with Crippen LogP contribution in [0.4, 0.5) is 10.8 Å². The molecule has 1 aromatic heterocycles. The molecule has 2 amide bonds. The van der Waals surface area contributed by atoms with Gasteiger partial charge in [0.05, 0.1) is 5.69 Å². The number of thiazole rings is 1. The molecule has 6 nitrogen and oxygen atoms in total. The number of benzene rings is 2. The second-order valence-electron chi connectivity index (χ2n) is 7.43. The Morgan fingerprint density at radius 3 is 2.57 bits per heavy atom. The van der Waals surface area contributed by atoms with Gasteiger partial charge in [0.2, 0.25) is 5.91 Å². The minimum atomic E-state index is -0.153. The van der Waals surface area contributed by atoms with Crippen molar-refractivity contribution in [3.05, 3.63) is 65.0 Å². The molecule has 1 fully saturated rings. The molecule has 0 radical (unpaired) electrons. The van der Waals surface area contributed by atoms with Crippen molar-refractivity contribution >= 4 is 34.0 Å². The third-order valence-electron chi connectivity index (χ3n) is 5.02. The number of hydrogen-bond donors (Lipinski definition) is 2. The topological polar surface area (TPSA) is 74.3 Å². The fourth-order valence-electron chi connectivity index (χ4n) is 3.57. The van der Waals surface area contributed by atoms with Crippen molar-refractivity contribution in [1.29, 1.82) is 0 Å². The molecule has 1 saturated heterocycles. The minimum absolute atomic E-state index is 0.106. The number of amides is 2. The average molecular weight is 421 g/mol. The molecule has 0 aliphatic carbocycles. The van der Waals surface area contributed by atoms with Gasteiger partial charge in [-0.05, 0) is 55.8 Å². The lowest BCUT2D eigenvalue weighted by molar-refractivity contribution is -0.114. The first-order valence-electron chi connectivity index (χ1n) is 10.0. The van der Waals surface area contributed by atoms with Crippen LogP contribution in [0.15, 0.2) is 53.9 Å². The maximum Gasteiger partial charge on any atom is 0.257 e. The Morgan fingerprint density at radius 2 is 1.83 bits per heavy atom. The molecule has 2 aromatic carbocycles. The van der Waals surface area contributed by atoms with E-state index in [1.165, 1.54) is 31.1 Å². The maximum atomic E-state index is 12.7. The van der Waals surface area contributed by atoms with Crippen molar-refractivity contribution in [3.8, 4) is 11.3 Å². The van der Waals surface area contributed by atoms with Crippen LogP contribution >= 0.6 is 11.3 Å². The number of hydrogen-bond acceptors (Lipinski definition) is 5. The fourth-order valence-corrected chi connectivity index (χ4v) is 4.29. The Bertz CT molecular complexity index is 1040. The molecular formula is C23H24N4O2S. The van der Waals surface area contributed by atoms with E-state index in [4.69, 9.17) is 0 Å². The van der Waals surface area contributed by atoms with E-state index in [0.717, 1.165) is 42.1 Å². The van der Waals surface area contributed by atoms with Crippen LogP contribution in [0, 0.1) is 0 Å². The SMILES string of the molecule is CC(=O)Nc1ccc(-c2csc(NC(=O)c3cccc(CN4CCCC4)c3)n2)cc1. The number of anilines is 2.